The van der Waals surface area contributed by atoms with E-state index in [1.807, 2.05) is 30.3 Å². The number of nitrogens with zero attached hydrogens (tertiary/aromatic N) is 3. The lowest BCUT2D eigenvalue weighted by atomic mass is 10.2. The molecule has 0 saturated heterocycles. The van der Waals surface area contributed by atoms with Gasteiger partial charge in [-0.15, -0.1) is 0 Å². The molecule has 0 bridgehead atoms. The number of benzene rings is 1. The SMILES string of the molecule is O=c1c2ccccc2ccn1-c1cncnc1. The van der Waals surface area contributed by atoms with Crippen molar-refractivity contribution in [1.82, 2.24) is 14.5 Å². The molecule has 17 heavy (non-hydrogen) atoms. The van der Waals surface area contributed by atoms with Crippen molar-refractivity contribution in [2.75, 3.05) is 0 Å². The van der Waals surface area contributed by atoms with E-state index in [0.29, 0.717) is 11.1 Å². The van der Waals surface area contributed by atoms with Gasteiger partial charge in [-0.25, -0.2) is 9.97 Å². The smallest absolute Gasteiger partial charge is 0.263 e. The second-order valence-electron chi connectivity index (χ2n) is 3.67. The molecule has 0 fully saturated rings. The van der Waals surface area contributed by atoms with Crippen molar-refractivity contribution in [1.29, 1.82) is 0 Å². The molecule has 0 atom stereocenters. The highest BCUT2D eigenvalue weighted by Crippen LogP contribution is 2.10. The number of hydrogen-bond donors (Lipinski definition) is 0. The Morgan fingerprint density at radius 2 is 1.76 bits per heavy atom. The molecule has 0 spiro atoms. The van der Waals surface area contributed by atoms with Crippen LogP contribution in [-0.4, -0.2) is 14.5 Å². The zero-order chi connectivity index (χ0) is 11.7. The summed E-state index contributed by atoms with van der Waals surface area (Å²) in [5.74, 6) is 0. The van der Waals surface area contributed by atoms with E-state index in [0.717, 1.165) is 5.39 Å². The molecular formula is C13H9N3O. The molecule has 0 saturated carbocycles. The molecule has 4 nitrogen and oxygen atoms in total. The lowest BCUT2D eigenvalue weighted by Crippen LogP contribution is -2.17. The topological polar surface area (TPSA) is 47.8 Å². The number of hydrogen-bond acceptors (Lipinski definition) is 3. The highest BCUT2D eigenvalue weighted by atomic mass is 16.1. The molecule has 0 aliphatic heterocycles. The van der Waals surface area contributed by atoms with Crippen LogP contribution in [0.1, 0.15) is 0 Å². The summed E-state index contributed by atoms with van der Waals surface area (Å²) < 4.78 is 1.54. The molecule has 0 N–H and O–H groups in total. The summed E-state index contributed by atoms with van der Waals surface area (Å²) in [6, 6.07) is 9.41. The molecular weight excluding hydrogens is 214 g/mol. The van der Waals surface area contributed by atoms with Crippen LogP contribution in [0.4, 0.5) is 0 Å². The average molecular weight is 223 g/mol. The quantitative estimate of drug-likeness (QED) is 0.631. The van der Waals surface area contributed by atoms with Crippen molar-refractivity contribution in [3.05, 3.63) is 65.6 Å². The number of pyridine rings is 1. The van der Waals surface area contributed by atoms with Gasteiger partial charge >= 0.3 is 0 Å². The van der Waals surface area contributed by atoms with Gasteiger partial charge in [0.2, 0.25) is 0 Å². The van der Waals surface area contributed by atoms with Crippen LogP contribution < -0.4 is 5.56 Å². The molecule has 3 aromatic rings. The van der Waals surface area contributed by atoms with E-state index in [4.69, 9.17) is 0 Å². The predicted molar refractivity (Wildman–Crippen MR) is 65.1 cm³/mol. The van der Waals surface area contributed by atoms with Crippen molar-refractivity contribution in [2.45, 2.75) is 0 Å². The van der Waals surface area contributed by atoms with Gasteiger partial charge in [-0.1, -0.05) is 18.2 Å². The largest absolute Gasteiger partial charge is 0.281 e. The summed E-state index contributed by atoms with van der Waals surface area (Å²) in [5, 5.41) is 1.63. The van der Waals surface area contributed by atoms with E-state index >= 15 is 0 Å². The van der Waals surface area contributed by atoms with Crippen LogP contribution in [0.2, 0.25) is 0 Å². The Bertz CT molecular complexity index is 719. The fourth-order valence-electron chi connectivity index (χ4n) is 1.81. The van der Waals surface area contributed by atoms with Gasteiger partial charge < -0.3 is 0 Å². The maximum Gasteiger partial charge on any atom is 0.263 e. The number of rotatable bonds is 1. The molecule has 0 aliphatic carbocycles. The minimum absolute atomic E-state index is 0.0575. The minimum Gasteiger partial charge on any atom is -0.281 e. The Morgan fingerprint density at radius 3 is 2.59 bits per heavy atom. The first-order valence-corrected chi connectivity index (χ1v) is 5.22. The van der Waals surface area contributed by atoms with Gasteiger partial charge in [-0.3, -0.25) is 9.36 Å². The Hall–Kier alpha value is -2.49. The van der Waals surface area contributed by atoms with Gasteiger partial charge in [0.15, 0.2) is 0 Å². The molecule has 0 radical (unpaired) electrons. The Morgan fingerprint density at radius 1 is 1.00 bits per heavy atom. The van der Waals surface area contributed by atoms with Crippen molar-refractivity contribution in [2.24, 2.45) is 0 Å². The molecule has 0 aliphatic rings. The van der Waals surface area contributed by atoms with Gasteiger partial charge in [-0.05, 0) is 17.5 Å². The monoisotopic (exact) mass is 223 g/mol. The molecule has 0 unspecified atom stereocenters. The third-order valence-corrected chi connectivity index (χ3v) is 2.64. The predicted octanol–water partition coefficient (Wildman–Crippen LogP) is 1.78. The second kappa shape index (κ2) is 3.83. The van der Waals surface area contributed by atoms with E-state index in [9.17, 15) is 4.79 Å². The van der Waals surface area contributed by atoms with Gasteiger partial charge in [0, 0.05) is 11.6 Å². The first kappa shape index (κ1) is 9.72. The summed E-state index contributed by atoms with van der Waals surface area (Å²) in [7, 11) is 0. The van der Waals surface area contributed by atoms with Gasteiger partial charge in [-0.2, -0.15) is 0 Å². The number of fused-ring (bicyclic) bond motifs is 1. The lowest BCUT2D eigenvalue weighted by Gasteiger charge is -2.05. The first-order chi connectivity index (χ1) is 8.36. The van der Waals surface area contributed by atoms with Crippen LogP contribution in [-0.2, 0) is 0 Å². The van der Waals surface area contributed by atoms with Gasteiger partial charge in [0.1, 0.15) is 6.33 Å². The Balaban J connectivity index is 2.33. The fourth-order valence-corrected chi connectivity index (χ4v) is 1.81. The van der Waals surface area contributed by atoms with Crippen molar-refractivity contribution in [3.63, 3.8) is 0 Å². The molecule has 82 valence electrons. The number of aromatic nitrogens is 3. The van der Waals surface area contributed by atoms with E-state index in [2.05, 4.69) is 9.97 Å². The normalized spacial score (nSPS) is 10.6. The molecule has 3 rings (SSSR count). The first-order valence-electron chi connectivity index (χ1n) is 5.22. The molecule has 0 amide bonds. The van der Waals surface area contributed by atoms with Crippen LogP contribution in [0, 0.1) is 0 Å². The van der Waals surface area contributed by atoms with Crippen LogP contribution >= 0.6 is 0 Å². The van der Waals surface area contributed by atoms with E-state index < -0.39 is 0 Å². The molecule has 1 aromatic carbocycles. The van der Waals surface area contributed by atoms with Crippen molar-refractivity contribution >= 4 is 10.8 Å². The highest BCUT2D eigenvalue weighted by molar-refractivity contribution is 5.81. The summed E-state index contributed by atoms with van der Waals surface area (Å²) >= 11 is 0. The lowest BCUT2D eigenvalue weighted by molar-refractivity contribution is 0.971. The second-order valence-corrected chi connectivity index (χ2v) is 3.67. The molecule has 2 heterocycles. The van der Waals surface area contributed by atoms with Crippen molar-refractivity contribution in [3.8, 4) is 5.69 Å². The van der Waals surface area contributed by atoms with Gasteiger partial charge in [0.05, 0.1) is 18.1 Å². The zero-order valence-corrected chi connectivity index (χ0v) is 8.95. The molecule has 2 aromatic heterocycles. The van der Waals surface area contributed by atoms with Crippen molar-refractivity contribution < 1.29 is 0 Å². The summed E-state index contributed by atoms with van der Waals surface area (Å²) in [5.41, 5.74) is 0.612. The highest BCUT2D eigenvalue weighted by Gasteiger charge is 2.03. The third-order valence-electron chi connectivity index (χ3n) is 2.64. The molecule has 4 heteroatoms. The van der Waals surface area contributed by atoms with Crippen LogP contribution in [0.25, 0.3) is 16.5 Å². The summed E-state index contributed by atoms with van der Waals surface area (Å²) in [4.78, 5) is 20.1. The summed E-state index contributed by atoms with van der Waals surface area (Å²) in [6.45, 7) is 0. The van der Waals surface area contributed by atoms with Crippen LogP contribution in [0.5, 0.6) is 0 Å². The standard InChI is InChI=1S/C13H9N3O/c17-13-12-4-2-1-3-10(12)5-6-16(13)11-7-14-9-15-8-11/h1-9H. The maximum atomic E-state index is 12.2. The van der Waals surface area contributed by atoms with Gasteiger partial charge in [0.25, 0.3) is 5.56 Å². The maximum absolute atomic E-state index is 12.2. The zero-order valence-electron chi connectivity index (χ0n) is 8.95. The van der Waals surface area contributed by atoms with E-state index in [1.54, 1.807) is 23.2 Å². The Kier molecular flexibility index (Phi) is 2.19. The van der Waals surface area contributed by atoms with E-state index in [1.165, 1.54) is 6.33 Å². The Labute approximate surface area is 97.2 Å². The summed E-state index contributed by atoms with van der Waals surface area (Å²) in [6.07, 6.45) is 6.41. The third kappa shape index (κ3) is 1.59. The fraction of sp³-hybridized carbons (Fsp3) is 0. The van der Waals surface area contributed by atoms with E-state index in [-0.39, 0.29) is 5.56 Å². The minimum atomic E-state index is -0.0575. The average Bonchev–Trinajstić information content (AvgIpc) is 2.40. The van der Waals surface area contributed by atoms with Crippen LogP contribution in [0.3, 0.4) is 0 Å². The van der Waals surface area contributed by atoms with Crippen LogP contribution in [0.15, 0.2) is 60.0 Å².